The van der Waals surface area contributed by atoms with Gasteiger partial charge in [0.25, 0.3) is 0 Å². The van der Waals surface area contributed by atoms with Crippen LogP contribution in [0.1, 0.15) is 31.9 Å². The first kappa shape index (κ1) is 14.5. The van der Waals surface area contributed by atoms with Crippen molar-refractivity contribution in [1.82, 2.24) is 5.32 Å². The van der Waals surface area contributed by atoms with Crippen LogP contribution in [-0.4, -0.2) is 23.7 Å². The van der Waals surface area contributed by atoms with Gasteiger partial charge in [-0.25, -0.2) is 0 Å². The van der Waals surface area contributed by atoms with Crippen molar-refractivity contribution in [3.8, 4) is 5.75 Å². The van der Waals surface area contributed by atoms with Crippen LogP contribution in [0.4, 0.5) is 0 Å². The predicted octanol–water partition coefficient (Wildman–Crippen LogP) is 3.80. The fourth-order valence-electron chi connectivity index (χ4n) is 2.46. The highest BCUT2D eigenvalue weighted by Gasteiger charge is 2.32. The van der Waals surface area contributed by atoms with Crippen LogP contribution in [0.25, 0.3) is 0 Å². The second-order valence-corrected chi connectivity index (χ2v) is 6.62. The van der Waals surface area contributed by atoms with E-state index in [0.717, 1.165) is 30.2 Å². The SMILES string of the molecule is C=CCSCCNC1CC(C)(C)Oc2ccccc21. The van der Waals surface area contributed by atoms with Gasteiger partial charge in [-0.3, -0.25) is 0 Å². The van der Waals surface area contributed by atoms with E-state index in [-0.39, 0.29) is 5.60 Å². The van der Waals surface area contributed by atoms with E-state index in [9.17, 15) is 0 Å². The first-order chi connectivity index (χ1) is 9.12. The summed E-state index contributed by atoms with van der Waals surface area (Å²) >= 11 is 1.91. The van der Waals surface area contributed by atoms with E-state index in [1.165, 1.54) is 5.56 Å². The van der Waals surface area contributed by atoms with Crippen LogP contribution in [0.15, 0.2) is 36.9 Å². The molecule has 2 rings (SSSR count). The van der Waals surface area contributed by atoms with Crippen molar-refractivity contribution in [3.05, 3.63) is 42.5 Å². The molecular weight excluding hydrogens is 254 g/mol. The van der Waals surface area contributed by atoms with Crippen molar-refractivity contribution >= 4 is 11.8 Å². The highest BCUT2D eigenvalue weighted by Crippen LogP contribution is 2.39. The topological polar surface area (TPSA) is 21.3 Å². The molecule has 1 aromatic rings. The van der Waals surface area contributed by atoms with Gasteiger partial charge in [0, 0.05) is 36.1 Å². The van der Waals surface area contributed by atoms with Crippen LogP contribution in [0.3, 0.4) is 0 Å². The summed E-state index contributed by atoms with van der Waals surface area (Å²) in [7, 11) is 0. The van der Waals surface area contributed by atoms with Crippen LogP contribution >= 0.6 is 11.8 Å². The van der Waals surface area contributed by atoms with E-state index < -0.39 is 0 Å². The standard InChI is InChI=1S/C16H23NOS/c1-4-10-19-11-9-17-14-12-16(2,3)18-15-8-6-5-7-13(14)15/h4-8,14,17H,1,9-12H2,2-3H3. The normalized spacial score (nSPS) is 20.4. The van der Waals surface area contributed by atoms with E-state index in [1.54, 1.807) is 0 Å². The van der Waals surface area contributed by atoms with Gasteiger partial charge in [-0.05, 0) is 19.9 Å². The molecule has 0 spiro atoms. The van der Waals surface area contributed by atoms with Crippen molar-refractivity contribution in [2.45, 2.75) is 31.9 Å². The summed E-state index contributed by atoms with van der Waals surface area (Å²) in [5.41, 5.74) is 1.19. The Hall–Kier alpha value is -0.930. The molecule has 1 unspecified atom stereocenters. The minimum absolute atomic E-state index is 0.0969. The number of ether oxygens (including phenoxy) is 1. The van der Waals surface area contributed by atoms with E-state index >= 15 is 0 Å². The molecule has 0 aliphatic carbocycles. The Morgan fingerprint density at radius 3 is 3.05 bits per heavy atom. The molecule has 1 aliphatic heterocycles. The van der Waals surface area contributed by atoms with E-state index in [4.69, 9.17) is 4.74 Å². The Kier molecular flexibility index (Phi) is 4.94. The number of para-hydroxylation sites is 1. The van der Waals surface area contributed by atoms with Gasteiger partial charge in [0.15, 0.2) is 0 Å². The Labute approximate surface area is 120 Å². The lowest BCUT2D eigenvalue weighted by Gasteiger charge is -2.38. The fraction of sp³-hybridized carbons (Fsp3) is 0.500. The first-order valence-electron chi connectivity index (χ1n) is 6.82. The van der Waals surface area contributed by atoms with Gasteiger partial charge >= 0.3 is 0 Å². The smallest absolute Gasteiger partial charge is 0.124 e. The highest BCUT2D eigenvalue weighted by atomic mass is 32.2. The molecule has 0 saturated carbocycles. The molecular formula is C16H23NOS. The zero-order chi connectivity index (χ0) is 13.7. The van der Waals surface area contributed by atoms with Crippen molar-refractivity contribution in [2.24, 2.45) is 0 Å². The average molecular weight is 277 g/mol. The summed E-state index contributed by atoms with van der Waals surface area (Å²) in [6, 6.07) is 8.75. The minimum Gasteiger partial charge on any atom is -0.487 e. The van der Waals surface area contributed by atoms with Gasteiger partial charge in [-0.2, -0.15) is 11.8 Å². The lowest BCUT2D eigenvalue weighted by atomic mass is 9.90. The molecule has 1 aliphatic rings. The van der Waals surface area contributed by atoms with Crippen molar-refractivity contribution < 1.29 is 4.74 Å². The van der Waals surface area contributed by atoms with Crippen LogP contribution in [0, 0.1) is 0 Å². The number of fused-ring (bicyclic) bond motifs is 1. The molecule has 1 heterocycles. The molecule has 0 radical (unpaired) electrons. The van der Waals surface area contributed by atoms with Crippen molar-refractivity contribution in [2.75, 3.05) is 18.1 Å². The molecule has 1 atom stereocenters. The Bertz CT molecular complexity index is 431. The van der Waals surface area contributed by atoms with Crippen molar-refractivity contribution in [1.29, 1.82) is 0 Å². The summed E-state index contributed by atoms with van der Waals surface area (Å²) in [4.78, 5) is 0. The first-order valence-corrected chi connectivity index (χ1v) is 7.98. The number of rotatable bonds is 6. The molecule has 1 aromatic carbocycles. The second kappa shape index (κ2) is 6.49. The lowest BCUT2D eigenvalue weighted by Crippen LogP contribution is -2.40. The Balaban J connectivity index is 1.97. The highest BCUT2D eigenvalue weighted by molar-refractivity contribution is 7.99. The van der Waals surface area contributed by atoms with Gasteiger partial charge in [-0.1, -0.05) is 24.3 Å². The number of thioether (sulfide) groups is 1. The summed E-state index contributed by atoms with van der Waals surface area (Å²) in [5.74, 6) is 3.17. The van der Waals surface area contributed by atoms with Gasteiger partial charge < -0.3 is 10.1 Å². The Morgan fingerprint density at radius 1 is 1.47 bits per heavy atom. The van der Waals surface area contributed by atoms with Gasteiger partial charge in [-0.15, -0.1) is 6.58 Å². The minimum atomic E-state index is -0.0969. The average Bonchev–Trinajstić information content (AvgIpc) is 2.37. The van der Waals surface area contributed by atoms with Crippen LogP contribution in [-0.2, 0) is 0 Å². The quantitative estimate of drug-likeness (QED) is 0.631. The van der Waals surface area contributed by atoms with Gasteiger partial charge in [0.1, 0.15) is 11.4 Å². The molecule has 104 valence electrons. The summed E-state index contributed by atoms with van der Waals surface area (Å²) in [6.45, 7) is 9.07. The third kappa shape index (κ3) is 4.02. The molecule has 0 aromatic heterocycles. The monoisotopic (exact) mass is 277 g/mol. The third-order valence-corrected chi connectivity index (χ3v) is 4.21. The van der Waals surface area contributed by atoms with Gasteiger partial charge in [0.2, 0.25) is 0 Å². The summed E-state index contributed by atoms with van der Waals surface area (Å²) in [5, 5.41) is 3.66. The molecule has 0 fully saturated rings. The number of nitrogens with one attached hydrogen (secondary N) is 1. The zero-order valence-corrected chi connectivity index (χ0v) is 12.6. The molecule has 19 heavy (non-hydrogen) atoms. The van der Waals surface area contributed by atoms with Crippen LogP contribution in [0.2, 0.25) is 0 Å². The van der Waals surface area contributed by atoms with E-state index in [1.807, 2.05) is 23.9 Å². The van der Waals surface area contributed by atoms with Crippen LogP contribution in [0.5, 0.6) is 5.75 Å². The summed E-state index contributed by atoms with van der Waals surface area (Å²) in [6.07, 6.45) is 2.97. The number of hydrogen-bond donors (Lipinski definition) is 1. The molecule has 3 heteroatoms. The maximum atomic E-state index is 6.04. The van der Waals surface area contributed by atoms with E-state index in [0.29, 0.717) is 6.04 Å². The van der Waals surface area contributed by atoms with Gasteiger partial charge in [0.05, 0.1) is 0 Å². The maximum absolute atomic E-state index is 6.04. The molecule has 0 saturated heterocycles. The molecule has 1 N–H and O–H groups in total. The third-order valence-electron chi connectivity index (χ3n) is 3.25. The lowest BCUT2D eigenvalue weighted by molar-refractivity contribution is 0.0665. The largest absolute Gasteiger partial charge is 0.487 e. The second-order valence-electron chi connectivity index (χ2n) is 5.47. The molecule has 0 bridgehead atoms. The van der Waals surface area contributed by atoms with Crippen molar-refractivity contribution in [3.63, 3.8) is 0 Å². The van der Waals surface area contributed by atoms with E-state index in [2.05, 4.69) is 43.9 Å². The fourth-order valence-corrected chi connectivity index (χ4v) is 3.05. The number of benzene rings is 1. The number of hydrogen-bond acceptors (Lipinski definition) is 3. The predicted molar refractivity (Wildman–Crippen MR) is 84.0 cm³/mol. The summed E-state index contributed by atoms with van der Waals surface area (Å²) < 4.78 is 6.04. The maximum Gasteiger partial charge on any atom is 0.124 e. The molecule has 2 nitrogen and oxygen atoms in total. The molecule has 0 amide bonds. The van der Waals surface area contributed by atoms with Crippen LogP contribution < -0.4 is 10.1 Å². The zero-order valence-electron chi connectivity index (χ0n) is 11.8. The Morgan fingerprint density at radius 2 is 2.26 bits per heavy atom.